The second-order valence-electron chi connectivity index (χ2n) is 9.41. The molecule has 6 nitrogen and oxygen atoms in total. The van der Waals surface area contributed by atoms with E-state index < -0.39 is 0 Å². The molecule has 0 aliphatic carbocycles. The molecule has 1 fully saturated rings. The normalized spacial score (nSPS) is 17.3. The smallest absolute Gasteiger partial charge is 0.241 e. The van der Waals surface area contributed by atoms with Gasteiger partial charge in [-0.1, -0.05) is 56.3 Å². The number of halogens is 1. The number of benzene rings is 2. The number of anilines is 1. The van der Waals surface area contributed by atoms with Gasteiger partial charge in [-0.3, -0.25) is 9.69 Å². The quantitative estimate of drug-likeness (QED) is 0.608. The summed E-state index contributed by atoms with van der Waals surface area (Å²) in [6, 6.07) is 14.2. The third-order valence-electron chi connectivity index (χ3n) is 5.80. The van der Waals surface area contributed by atoms with E-state index in [1.807, 2.05) is 12.1 Å². The maximum Gasteiger partial charge on any atom is 0.241 e. The van der Waals surface area contributed by atoms with Crippen molar-refractivity contribution in [3.05, 3.63) is 65.8 Å². The highest BCUT2D eigenvalue weighted by molar-refractivity contribution is 5.92. The summed E-state index contributed by atoms with van der Waals surface area (Å²) >= 11 is 0. The molecule has 2 heterocycles. The van der Waals surface area contributed by atoms with E-state index in [0.717, 1.165) is 24.9 Å². The van der Waals surface area contributed by atoms with Gasteiger partial charge in [0.25, 0.3) is 0 Å². The van der Waals surface area contributed by atoms with Crippen LogP contribution in [0.25, 0.3) is 11.4 Å². The SMILES string of the molecule is CC(C)(C)c1ccc(-c2noc(CN3CCCC(C(=O)Nc4cccc(F)c4)C3)n2)cc1. The average Bonchev–Trinajstić information content (AvgIpc) is 3.22. The Morgan fingerprint density at radius 1 is 1.22 bits per heavy atom. The largest absolute Gasteiger partial charge is 0.338 e. The van der Waals surface area contributed by atoms with Crippen LogP contribution in [-0.2, 0) is 16.8 Å². The van der Waals surface area contributed by atoms with Gasteiger partial charge in [0.1, 0.15) is 5.82 Å². The zero-order chi connectivity index (χ0) is 22.7. The molecule has 0 saturated carbocycles. The predicted octanol–water partition coefficient (Wildman–Crippen LogP) is 5.02. The predicted molar refractivity (Wildman–Crippen MR) is 121 cm³/mol. The van der Waals surface area contributed by atoms with Gasteiger partial charge >= 0.3 is 0 Å². The van der Waals surface area contributed by atoms with Gasteiger partial charge in [0.2, 0.25) is 17.6 Å². The first kappa shape index (κ1) is 22.1. The zero-order valence-electron chi connectivity index (χ0n) is 18.8. The van der Waals surface area contributed by atoms with Crippen molar-refractivity contribution in [2.75, 3.05) is 18.4 Å². The first-order valence-electron chi connectivity index (χ1n) is 11.0. The van der Waals surface area contributed by atoms with E-state index in [1.54, 1.807) is 12.1 Å². The number of nitrogens with one attached hydrogen (secondary N) is 1. The van der Waals surface area contributed by atoms with Crippen LogP contribution in [0.3, 0.4) is 0 Å². The summed E-state index contributed by atoms with van der Waals surface area (Å²) in [6.45, 7) is 8.49. The Kier molecular flexibility index (Phi) is 6.37. The fraction of sp³-hybridized carbons (Fsp3) is 0.400. The van der Waals surface area contributed by atoms with Crippen LogP contribution in [0, 0.1) is 11.7 Å². The molecular weight excluding hydrogens is 407 g/mol. The number of piperidine rings is 1. The van der Waals surface area contributed by atoms with Crippen molar-refractivity contribution in [2.24, 2.45) is 5.92 Å². The van der Waals surface area contributed by atoms with Gasteiger partial charge < -0.3 is 9.84 Å². The molecule has 0 bridgehead atoms. The fourth-order valence-corrected chi connectivity index (χ4v) is 3.97. The van der Waals surface area contributed by atoms with E-state index in [-0.39, 0.29) is 23.1 Å². The summed E-state index contributed by atoms with van der Waals surface area (Å²) in [5.41, 5.74) is 2.73. The van der Waals surface area contributed by atoms with Crippen molar-refractivity contribution >= 4 is 11.6 Å². The molecule has 1 saturated heterocycles. The molecule has 7 heteroatoms. The minimum atomic E-state index is -0.367. The van der Waals surface area contributed by atoms with E-state index in [0.29, 0.717) is 30.5 Å². The summed E-state index contributed by atoms with van der Waals surface area (Å²) < 4.78 is 18.9. The van der Waals surface area contributed by atoms with Crippen molar-refractivity contribution in [3.8, 4) is 11.4 Å². The van der Waals surface area contributed by atoms with E-state index >= 15 is 0 Å². The Morgan fingerprint density at radius 3 is 2.72 bits per heavy atom. The number of hydrogen-bond acceptors (Lipinski definition) is 5. The maximum absolute atomic E-state index is 13.4. The fourth-order valence-electron chi connectivity index (χ4n) is 3.97. The van der Waals surface area contributed by atoms with Crippen LogP contribution in [-0.4, -0.2) is 34.0 Å². The molecule has 1 N–H and O–H groups in total. The van der Waals surface area contributed by atoms with E-state index in [2.05, 4.69) is 53.3 Å². The third-order valence-corrected chi connectivity index (χ3v) is 5.80. The van der Waals surface area contributed by atoms with Gasteiger partial charge in [0.15, 0.2) is 0 Å². The van der Waals surface area contributed by atoms with Crippen LogP contribution < -0.4 is 5.32 Å². The van der Waals surface area contributed by atoms with Crippen LogP contribution in [0.4, 0.5) is 10.1 Å². The lowest BCUT2D eigenvalue weighted by molar-refractivity contribution is -0.121. The molecule has 3 aromatic rings. The average molecular weight is 437 g/mol. The number of rotatable bonds is 5. The standard InChI is InChI=1S/C25H29FN4O2/c1-25(2,3)19-11-9-17(10-12-19)23-28-22(32-29-23)16-30-13-5-6-18(15-30)24(31)27-21-8-4-7-20(26)14-21/h4,7-12,14,18H,5-6,13,15-16H2,1-3H3,(H,27,31). The van der Waals surface area contributed by atoms with E-state index in [9.17, 15) is 9.18 Å². The minimum absolute atomic E-state index is 0.0900. The number of likely N-dealkylation sites (tertiary alicyclic amines) is 1. The molecule has 0 spiro atoms. The van der Waals surface area contributed by atoms with Crippen molar-refractivity contribution in [1.29, 1.82) is 0 Å². The lowest BCUT2D eigenvalue weighted by atomic mass is 9.87. The van der Waals surface area contributed by atoms with Gasteiger partial charge in [0.05, 0.1) is 12.5 Å². The summed E-state index contributed by atoms with van der Waals surface area (Å²) in [7, 11) is 0. The number of nitrogens with zero attached hydrogens (tertiary/aromatic N) is 3. The molecule has 4 rings (SSSR count). The molecule has 32 heavy (non-hydrogen) atoms. The molecule has 168 valence electrons. The van der Waals surface area contributed by atoms with Crippen molar-refractivity contribution in [1.82, 2.24) is 15.0 Å². The van der Waals surface area contributed by atoms with Crippen LogP contribution in [0.15, 0.2) is 53.1 Å². The highest BCUT2D eigenvalue weighted by Crippen LogP contribution is 2.26. The minimum Gasteiger partial charge on any atom is -0.338 e. The first-order valence-corrected chi connectivity index (χ1v) is 11.0. The molecule has 1 aliphatic rings. The number of hydrogen-bond donors (Lipinski definition) is 1. The summed E-state index contributed by atoms with van der Waals surface area (Å²) in [5.74, 6) is 0.474. The number of aromatic nitrogens is 2. The Balaban J connectivity index is 1.36. The van der Waals surface area contributed by atoms with Crippen molar-refractivity contribution in [3.63, 3.8) is 0 Å². The number of carbonyl (C=O) groups is 1. The van der Waals surface area contributed by atoms with Gasteiger partial charge in [-0.15, -0.1) is 0 Å². The van der Waals surface area contributed by atoms with E-state index in [4.69, 9.17) is 4.52 Å². The molecule has 2 aromatic carbocycles. The highest BCUT2D eigenvalue weighted by atomic mass is 19.1. The molecule has 1 aromatic heterocycles. The van der Waals surface area contributed by atoms with Gasteiger partial charge in [0, 0.05) is 17.8 Å². The Hall–Kier alpha value is -3.06. The van der Waals surface area contributed by atoms with Gasteiger partial charge in [-0.05, 0) is 48.6 Å². The highest BCUT2D eigenvalue weighted by Gasteiger charge is 2.27. The maximum atomic E-state index is 13.4. The van der Waals surface area contributed by atoms with Crippen molar-refractivity contribution in [2.45, 2.75) is 45.6 Å². The van der Waals surface area contributed by atoms with E-state index in [1.165, 1.54) is 17.7 Å². The lowest BCUT2D eigenvalue weighted by Crippen LogP contribution is -2.40. The second-order valence-corrected chi connectivity index (χ2v) is 9.41. The van der Waals surface area contributed by atoms with Crippen molar-refractivity contribution < 1.29 is 13.7 Å². The number of amides is 1. The Bertz CT molecular complexity index is 1070. The molecule has 1 amide bonds. The van der Waals surface area contributed by atoms with Gasteiger partial charge in [-0.2, -0.15) is 4.98 Å². The molecular formula is C25H29FN4O2. The first-order chi connectivity index (χ1) is 15.3. The molecule has 1 unspecified atom stereocenters. The number of carbonyl (C=O) groups excluding carboxylic acids is 1. The lowest BCUT2D eigenvalue weighted by Gasteiger charge is -2.30. The summed E-state index contributed by atoms with van der Waals surface area (Å²) in [5, 5.41) is 6.95. The van der Waals surface area contributed by atoms with Crippen LogP contribution >= 0.6 is 0 Å². The summed E-state index contributed by atoms with van der Waals surface area (Å²) in [6.07, 6.45) is 1.70. The zero-order valence-corrected chi connectivity index (χ0v) is 18.8. The second kappa shape index (κ2) is 9.20. The monoisotopic (exact) mass is 436 g/mol. The van der Waals surface area contributed by atoms with Gasteiger partial charge in [-0.25, -0.2) is 4.39 Å². The summed E-state index contributed by atoms with van der Waals surface area (Å²) in [4.78, 5) is 19.4. The Morgan fingerprint density at radius 2 is 2.00 bits per heavy atom. The van der Waals surface area contributed by atoms with Crippen LogP contribution in [0.1, 0.15) is 45.1 Å². The topological polar surface area (TPSA) is 71.3 Å². The Labute approximate surface area is 187 Å². The molecule has 1 atom stereocenters. The molecule has 1 aliphatic heterocycles. The molecule has 0 radical (unpaired) electrons. The van der Waals surface area contributed by atoms with Crippen LogP contribution in [0.5, 0.6) is 0 Å². The van der Waals surface area contributed by atoms with Crippen LogP contribution in [0.2, 0.25) is 0 Å². The third kappa shape index (κ3) is 5.40.